The molecule has 1 aliphatic rings. The third-order valence-corrected chi connectivity index (χ3v) is 4.41. The van der Waals surface area contributed by atoms with Gasteiger partial charge in [-0.2, -0.15) is 0 Å². The number of carbonyl (C=O) groups excluding carboxylic acids is 1. The average molecular weight is 336 g/mol. The second-order valence-electron chi connectivity index (χ2n) is 6.32. The van der Waals surface area contributed by atoms with Gasteiger partial charge in [-0.3, -0.25) is 9.69 Å². The molecule has 4 nitrogen and oxygen atoms in total. The number of methoxy groups -OCH3 is 1. The van der Waals surface area contributed by atoms with Gasteiger partial charge < -0.3 is 10.1 Å². The molecule has 4 heteroatoms. The normalized spacial score (nSPS) is 17.7. The Kier molecular flexibility index (Phi) is 5.86. The number of nitrogens with zero attached hydrogens (tertiary/aromatic N) is 1. The fourth-order valence-electron chi connectivity index (χ4n) is 3.07. The van der Waals surface area contributed by atoms with Crippen LogP contribution in [0.15, 0.2) is 60.7 Å². The zero-order valence-electron chi connectivity index (χ0n) is 14.5. The summed E-state index contributed by atoms with van der Waals surface area (Å²) in [5, 5.41) is 3.10. The van der Waals surface area contributed by atoms with Crippen molar-refractivity contribution in [3.05, 3.63) is 71.8 Å². The van der Waals surface area contributed by atoms with E-state index in [-0.39, 0.29) is 11.9 Å². The first kappa shape index (κ1) is 17.2. The molecule has 0 saturated carbocycles. The van der Waals surface area contributed by atoms with Gasteiger partial charge in [0.1, 0.15) is 5.75 Å². The summed E-state index contributed by atoms with van der Waals surface area (Å²) in [5.74, 6) is 0.772. The number of nitrogens with one attached hydrogen (secondary N) is 1. The van der Waals surface area contributed by atoms with Crippen LogP contribution in [-0.2, 0) is 11.3 Å². The summed E-state index contributed by atoms with van der Waals surface area (Å²) in [6, 6.07) is 18.3. The number of carbonyl (C=O) groups is 1. The van der Waals surface area contributed by atoms with E-state index in [4.69, 9.17) is 4.74 Å². The Bertz CT molecular complexity index is 710. The van der Waals surface area contributed by atoms with Gasteiger partial charge >= 0.3 is 0 Å². The molecule has 1 unspecified atom stereocenters. The highest BCUT2D eigenvalue weighted by atomic mass is 16.5. The van der Waals surface area contributed by atoms with Crippen molar-refractivity contribution in [2.45, 2.75) is 19.0 Å². The van der Waals surface area contributed by atoms with Gasteiger partial charge in [0.2, 0.25) is 5.91 Å². The maximum atomic E-state index is 12.1. The van der Waals surface area contributed by atoms with Crippen LogP contribution in [0.1, 0.15) is 17.5 Å². The van der Waals surface area contributed by atoms with E-state index in [1.165, 1.54) is 5.56 Å². The Hall–Kier alpha value is -2.59. The van der Waals surface area contributed by atoms with Crippen molar-refractivity contribution < 1.29 is 9.53 Å². The Morgan fingerprint density at radius 2 is 1.96 bits per heavy atom. The maximum absolute atomic E-state index is 12.1. The lowest BCUT2D eigenvalue weighted by Crippen LogP contribution is -2.35. The first-order chi connectivity index (χ1) is 12.2. The van der Waals surface area contributed by atoms with Crippen LogP contribution in [0.25, 0.3) is 6.08 Å². The van der Waals surface area contributed by atoms with Crippen molar-refractivity contribution >= 4 is 12.0 Å². The molecular formula is C21H24N2O2. The number of benzene rings is 2. The number of ether oxygens (including phenoxy) is 1. The number of rotatable bonds is 6. The fraction of sp³-hybridized carbons (Fsp3) is 0.286. The lowest BCUT2D eigenvalue weighted by atomic mass is 10.2. The molecule has 0 aliphatic carbocycles. The SMILES string of the molecule is COc1ccc(/C=C/C(=O)NC2CCN(Cc3ccccc3)C2)cc1. The summed E-state index contributed by atoms with van der Waals surface area (Å²) in [6.45, 7) is 2.86. The maximum Gasteiger partial charge on any atom is 0.244 e. The van der Waals surface area contributed by atoms with E-state index < -0.39 is 0 Å². The fourth-order valence-corrected chi connectivity index (χ4v) is 3.07. The Morgan fingerprint density at radius 3 is 2.68 bits per heavy atom. The summed E-state index contributed by atoms with van der Waals surface area (Å²) in [4.78, 5) is 14.5. The number of hydrogen-bond donors (Lipinski definition) is 1. The van der Waals surface area contributed by atoms with Gasteiger partial charge in [-0.15, -0.1) is 0 Å². The van der Waals surface area contributed by atoms with Gasteiger partial charge in [0.25, 0.3) is 0 Å². The van der Waals surface area contributed by atoms with Crippen LogP contribution in [0.3, 0.4) is 0 Å². The van der Waals surface area contributed by atoms with Crippen molar-refractivity contribution in [3.63, 3.8) is 0 Å². The second-order valence-corrected chi connectivity index (χ2v) is 6.32. The van der Waals surface area contributed by atoms with Gasteiger partial charge in [0.15, 0.2) is 0 Å². The van der Waals surface area contributed by atoms with Gasteiger partial charge in [-0.1, -0.05) is 42.5 Å². The molecule has 1 fully saturated rings. The average Bonchev–Trinajstić information content (AvgIpc) is 3.08. The molecule has 1 atom stereocenters. The number of likely N-dealkylation sites (tertiary alicyclic amines) is 1. The minimum absolute atomic E-state index is 0.0395. The van der Waals surface area contributed by atoms with E-state index in [2.05, 4.69) is 34.5 Å². The first-order valence-electron chi connectivity index (χ1n) is 8.62. The lowest BCUT2D eigenvalue weighted by Gasteiger charge is -2.16. The quantitative estimate of drug-likeness (QED) is 0.824. The van der Waals surface area contributed by atoms with Gasteiger partial charge in [-0.05, 0) is 35.8 Å². The number of amides is 1. The van der Waals surface area contributed by atoms with Crippen LogP contribution < -0.4 is 10.1 Å². The van der Waals surface area contributed by atoms with Crippen molar-refractivity contribution in [1.82, 2.24) is 10.2 Å². The zero-order valence-corrected chi connectivity index (χ0v) is 14.5. The standard InChI is InChI=1S/C21H24N2O2/c1-25-20-10-7-17(8-11-20)9-12-21(24)22-19-13-14-23(16-19)15-18-5-3-2-4-6-18/h2-12,19H,13-16H2,1H3,(H,22,24)/b12-9+. The third kappa shape index (κ3) is 5.19. The largest absolute Gasteiger partial charge is 0.497 e. The molecule has 0 spiro atoms. The summed E-state index contributed by atoms with van der Waals surface area (Å²) in [5.41, 5.74) is 2.29. The van der Waals surface area contributed by atoms with Crippen LogP contribution in [0.4, 0.5) is 0 Å². The highest BCUT2D eigenvalue weighted by molar-refractivity contribution is 5.91. The summed E-state index contributed by atoms with van der Waals surface area (Å²) in [6.07, 6.45) is 4.42. The van der Waals surface area contributed by atoms with Gasteiger partial charge in [0.05, 0.1) is 7.11 Å². The highest BCUT2D eigenvalue weighted by Crippen LogP contribution is 2.14. The molecule has 25 heavy (non-hydrogen) atoms. The van der Waals surface area contributed by atoms with Crippen LogP contribution >= 0.6 is 0 Å². The highest BCUT2D eigenvalue weighted by Gasteiger charge is 2.23. The van der Waals surface area contributed by atoms with Gasteiger partial charge in [-0.25, -0.2) is 0 Å². The van der Waals surface area contributed by atoms with E-state index in [1.54, 1.807) is 13.2 Å². The summed E-state index contributed by atoms with van der Waals surface area (Å²) < 4.78 is 5.13. The molecule has 0 radical (unpaired) electrons. The van der Waals surface area contributed by atoms with Gasteiger partial charge in [0, 0.05) is 31.8 Å². The van der Waals surface area contributed by atoms with Crippen molar-refractivity contribution in [3.8, 4) is 5.75 Å². The minimum atomic E-state index is -0.0395. The van der Waals surface area contributed by atoms with E-state index in [9.17, 15) is 4.79 Å². The molecule has 3 rings (SSSR count). The molecule has 1 heterocycles. The molecule has 0 aromatic heterocycles. The molecule has 130 valence electrons. The monoisotopic (exact) mass is 336 g/mol. The first-order valence-corrected chi connectivity index (χ1v) is 8.62. The molecule has 2 aromatic rings. The predicted molar refractivity (Wildman–Crippen MR) is 100 cm³/mol. The van der Waals surface area contributed by atoms with Crippen LogP contribution in [0.5, 0.6) is 5.75 Å². The molecule has 2 aromatic carbocycles. The molecule has 1 N–H and O–H groups in total. The van der Waals surface area contributed by atoms with E-state index in [0.717, 1.165) is 37.4 Å². The minimum Gasteiger partial charge on any atom is -0.497 e. The zero-order chi connectivity index (χ0) is 17.5. The topological polar surface area (TPSA) is 41.6 Å². The van der Waals surface area contributed by atoms with Crippen molar-refractivity contribution in [2.24, 2.45) is 0 Å². The van der Waals surface area contributed by atoms with Crippen molar-refractivity contribution in [2.75, 3.05) is 20.2 Å². The van der Waals surface area contributed by atoms with Crippen LogP contribution in [-0.4, -0.2) is 37.0 Å². The predicted octanol–water partition coefficient (Wildman–Crippen LogP) is 3.10. The number of hydrogen-bond acceptors (Lipinski definition) is 3. The lowest BCUT2D eigenvalue weighted by molar-refractivity contribution is -0.117. The summed E-state index contributed by atoms with van der Waals surface area (Å²) >= 11 is 0. The second kappa shape index (κ2) is 8.49. The van der Waals surface area contributed by atoms with E-state index >= 15 is 0 Å². The molecule has 1 amide bonds. The third-order valence-electron chi connectivity index (χ3n) is 4.41. The van der Waals surface area contributed by atoms with Crippen molar-refractivity contribution in [1.29, 1.82) is 0 Å². The Labute approximate surface area is 149 Å². The van der Waals surface area contributed by atoms with Crippen LogP contribution in [0, 0.1) is 0 Å². The van der Waals surface area contributed by atoms with E-state index in [0.29, 0.717) is 0 Å². The smallest absolute Gasteiger partial charge is 0.244 e. The summed E-state index contributed by atoms with van der Waals surface area (Å²) in [7, 11) is 1.64. The molecular weight excluding hydrogens is 312 g/mol. The molecule has 1 aliphatic heterocycles. The molecule has 1 saturated heterocycles. The Morgan fingerprint density at radius 1 is 1.20 bits per heavy atom. The van der Waals surface area contributed by atoms with Crippen LogP contribution in [0.2, 0.25) is 0 Å². The van der Waals surface area contributed by atoms with E-state index in [1.807, 2.05) is 36.4 Å². The molecule has 0 bridgehead atoms. The Balaban J connectivity index is 1.46.